The number of aliphatic hydroxyl groups excluding tert-OH is 1. The minimum atomic E-state index is -1.66. The Hall–Kier alpha value is -1.22. The van der Waals surface area contributed by atoms with Crippen molar-refractivity contribution in [2.24, 2.45) is 22.9 Å². The standard InChI is InChI=1S/C29H53NO7/c1-9-25-28(7,33)24(31)18-23(30-37-29(36-19(2)3)15-11-10-12-16-29)14-13-20(4)17-21(5)26(34-8)22(6)27(32)35-25/h19-22,24-26,31,33H,9-18H2,1-8H3/b30-23+/t20-,21?,22?,24-,25?,26?,28+/m1/s1. The number of hydrogen-bond donors (Lipinski definition) is 2. The maximum absolute atomic E-state index is 13.1. The van der Waals surface area contributed by atoms with Crippen LogP contribution in [0, 0.1) is 17.8 Å². The molecular weight excluding hydrogens is 474 g/mol. The van der Waals surface area contributed by atoms with Crippen LogP contribution in [0.4, 0.5) is 0 Å². The molecule has 2 N–H and O–H groups in total. The Morgan fingerprint density at radius 3 is 2.38 bits per heavy atom. The third-order valence-corrected chi connectivity index (χ3v) is 8.19. The average molecular weight is 528 g/mol. The number of carbonyl (C=O) groups is 1. The van der Waals surface area contributed by atoms with E-state index in [4.69, 9.17) is 19.0 Å². The van der Waals surface area contributed by atoms with E-state index in [1.54, 1.807) is 7.11 Å². The van der Waals surface area contributed by atoms with Crippen molar-refractivity contribution in [1.82, 2.24) is 0 Å². The predicted molar refractivity (Wildman–Crippen MR) is 144 cm³/mol. The fourth-order valence-electron chi connectivity index (χ4n) is 5.95. The van der Waals surface area contributed by atoms with E-state index in [0.29, 0.717) is 24.5 Å². The molecule has 216 valence electrons. The summed E-state index contributed by atoms with van der Waals surface area (Å²) in [7, 11) is 1.62. The van der Waals surface area contributed by atoms with E-state index >= 15 is 0 Å². The molecule has 0 bridgehead atoms. The first-order valence-corrected chi connectivity index (χ1v) is 14.4. The van der Waals surface area contributed by atoms with Gasteiger partial charge in [-0.1, -0.05) is 32.3 Å². The van der Waals surface area contributed by atoms with Crippen molar-refractivity contribution in [1.29, 1.82) is 0 Å². The molecule has 0 aromatic heterocycles. The summed E-state index contributed by atoms with van der Waals surface area (Å²) in [5.74, 6) is -1.20. The Bertz CT molecular complexity index is 732. The van der Waals surface area contributed by atoms with Crippen LogP contribution in [-0.4, -0.2) is 64.8 Å². The van der Waals surface area contributed by atoms with Gasteiger partial charge in [0.25, 0.3) is 0 Å². The van der Waals surface area contributed by atoms with Gasteiger partial charge in [-0.3, -0.25) is 4.79 Å². The maximum Gasteiger partial charge on any atom is 0.311 e. The Morgan fingerprint density at radius 1 is 1.16 bits per heavy atom. The van der Waals surface area contributed by atoms with Crippen LogP contribution >= 0.6 is 0 Å². The molecule has 1 aliphatic carbocycles. The molecule has 0 aromatic carbocycles. The lowest BCUT2D eigenvalue weighted by molar-refractivity contribution is -0.268. The molecule has 1 saturated carbocycles. The van der Waals surface area contributed by atoms with Gasteiger partial charge in [-0.2, -0.15) is 0 Å². The molecule has 2 rings (SSSR count). The molecule has 8 nitrogen and oxygen atoms in total. The molecule has 1 saturated heterocycles. The Labute approximate surface area is 224 Å². The minimum absolute atomic E-state index is 0.00578. The second-order valence-electron chi connectivity index (χ2n) is 12.0. The topological polar surface area (TPSA) is 107 Å². The summed E-state index contributed by atoms with van der Waals surface area (Å²) in [5.41, 5.74) is -0.981. The number of carbonyl (C=O) groups excluding carboxylic acids is 1. The summed E-state index contributed by atoms with van der Waals surface area (Å²) >= 11 is 0. The van der Waals surface area contributed by atoms with Crippen molar-refractivity contribution < 1.29 is 34.1 Å². The lowest BCUT2D eigenvalue weighted by atomic mass is 9.83. The zero-order chi connectivity index (χ0) is 27.8. The largest absolute Gasteiger partial charge is 0.459 e. The zero-order valence-electron chi connectivity index (χ0n) is 24.5. The van der Waals surface area contributed by atoms with E-state index in [1.165, 1.54) is 6.92 Å². The number of cyclic esters (lactones) is 1. The van der Waals surface area contributed by atoms with Crippen molar-refractivity contribution in [3.05, 3.63) is 0 Å². The van der Waals surface area contributed by atoms with Crippen molar-refractivity contribution in [3.8, 4) is 0 Å². The fourth-order valence-corrected chi connectivity index (χ4v) is 5.95. The number of rotatable bonds is 6. The SMILES string of the molecule is CCC1OC(=O)C(C)C(OC)C(C)C[C@H](C)CC/C(=N\OC2(OC(C)C)CCCCC2)C[C@@H](O)[C@]1(C)O. The summed E-state index contributed by atoms with van der Waals surface area (Å²) < 4.78 is 17.7. The van der Waals surface area contributed by atoms with Crippen molar-refractivity contribution >= 4 is 11.7 Å². The van der Waals surface area contributed by atoms with Crippen LogP contribution < -0.4 is 0 Å². The van der Waals surface area contributed by atoms with Gasteiger partial charge in [0.2, 0.25) is 5.79 Å². The van der Waals surface area contributed by atoms with E-state index in [2.05, 4.69) is 19.0 Å². The maximum atomic E-state index is 13.1. The Morgan fingerprint density at radius 2 is 1.81 bits per heavy atom. The fraction of sp³-hybridized carbons (Fsp3) is 0.931. The molecular formula is C29H53NO7. The lowest BCUT2D eigenvalue weighted by Crippen LogP contribution is -2.53. The van der Waals surface area contributed by atoms with Crippen molar-refractivity contribution in [2.45, 2.75) is 148 Å². The van der Waals surface area contributed by atoms with Gasteiger partial charge in [-0.25, -0.2) is 0 Å². The highest BCUT2D eigenvalue weighted by Crippen LogP contribution is 2.35. The van der Waals surface area contributed by atoms with Gasteiger partial charge < -0.3 is 29.3 Å². The molecule has 8 heteroatoms. The van der Waals surface area contributed by atoms with Gasteiger partial charge in [0.1, 0.15) is 11.7 Å². The lowest BCUT2D eigenvalue weighted by Gasteiger charge is -2.38. The molecule has 7 atom stereocenters. The van der Waals surface area contributed by atoms with E-state index < -0.39 is 35.5 Å². The predicted octanol–water partition coefficient (Wildman–Crippen LogP) is 5.38. The van der Waals surface area contributed by atoms with Gasteiger partial charge in [-0.15, -0.1) is 0 Å². The van der Waals surface area contributed by atoms with Gasteiger partial charge in [0, 0.05) is 26.4 Å². The van der Waals surface area contributed by atoms with Crippen LogP contribution in [0.2, 0.25) is 0 Å². The highest BCUT2D eigenvalue weighted by molar-refractivity contribution is 5.84. The second kappa shape index (κ2) is 14.2. The smallest absolute Gasteiger partial charge is 0.311 e. The average Bonchev–Trinajstić information content (AvgIpc) is 2.83. The van der Waals surface area contributed by atoms with Crippen LogP contribution in [0.25, 0.3) is 0 Å². The zero-order valence-corrected chi connectivity index (χ0v) is 24.5. The summed E-state index contributed by atoms with van der Waals surface area (Å²) in [6.45, 7) is 13.4. The number of hydrogen-bond acceptors (Lipinski definition) is 8. The molecule has 0 amide bonds. The van der Waals surface area contributed by atoms with Gasteiger partial charge in [-0.05, 0) is 78.1 Å². The van der Waals surface area contributed by atoms with Crippen LogP contribution in [0.3, 0.4) is 0 Å². The summed E-state index contributed by atoms with van der Waals surface area (Å²) in [5, 5.41) is 27.1. The summed E-state index contributed by atoms with van der Waals surface area (Å²) in [6.07, 6.45) is 5.22. The van der Waals surface area contributed by atoms with Crippen LogP contribution in [0.5, 0.6) is 0 Å². The molecule has 1 heterocycles. The normalized spacial score (nSPS) is 37.7. The quantitative estimate of drug-likeness (QED) is 0.271. The van der Waals surface area contributed by atoms with E-state index in [9.17, 15) is 15.0 Å². The number of nitrogens with zero attached hydrogens (tertiary/aromatic N) is 1. The van der Waals surface area contributed by atoms with E-state index in [-0.39, 0.29) is 24.5 Å². The summed E-state index contributed by atoms with van der Waals surface area (Å²) in [4.78, 5) is 19.2. The first-order valence-electron chi connectivity index (χ1n) is 14.4. The Kier molecular flexibility index (Phi) is 12.3. The first-order chi connectivity index (χ1) is 17.3. The first kappa shape index (κ1) is 32.0. The number of methoxy groups -OCH3 is 1. The van der Waals surface area contributed by atoms with Gasteiger partial charge in [0.05, 0.1) is 29.9 Å². The van der Waals surface area contributed by atoms with Gasteiger partial charge in [0.15, 0.2) is 0 Å². The Balaban J connectivity index is 2.36. The highest BCUT2D eigenvalue weighted by Gasteiger charge is 2.43. The van der Waals surface area contributed by atoms with Crippen LogP contribution in [-0.2, 0) is 23.8 Å². The molecule has 2 aliphatic rings. The van der Waals surface area contributed by atoms with Crippen LogP contribution in [0.1, 0.15) is 113 Å². The monoisotopic (exact) mass is 527 g/mol. The molecule has 37 heavy (non-hydrogen) atoms. The highest BCUT2D eigenvalue weighted by atomic mass is 16.8. The molecule has 0 spiro atoms. The number of aliphatic hydroxyl groups is 2. The molecule has 4 unspecified atom stereocenters. The number of esters is 1. The second-order valence-corrected chi connectivity index (χ2v) is 12.0. The van der Waals surface area contributed by atoms with Gasteiger partial charge >= 0.3 is 5.97 Å². The molecule has 1 aliphatic heterocycles. The minimum Gasteiger partial charge on any atom is -0.459 e. The van der Waals surface area contributed by atoms with Crippen LogP contribution in [0.15, 0.2) is 5.16 Å². The molecule has 2 fully saturated rings. The van der Waals surface area contributed by atoms with Crippen molar-refractivity contribution in [3.63, 3.8) is 0 Å². The molecule has 0 radical (unpaired) electrons. The summed E-state index contributed by atoms with van der Waals surface area (Å²) in [6, 6.07) is 0. The number of oxime groups is 1. The third-order valence-electron chi connectivity index (χ3n) is 8.19. The van der Waals surface area contributed by atoms with E-state index in [0.717, 1.165) is 44.9 Å². The van der Waals surface area contributed by atoms with Crippen molar-refractivity contribution in [2.75, 3.05) is 7.11 Å². The third kappa shape index (κ3) is 8.91. The van der Waals surface area contributed by atoms with E-state index in [1.807, 2.05) is 27.7 Å². The molecule has 0 aromatic rings. The number of ether oxygens (including phenoxy) is 3.